The second kappa shape index (κ2) is 7.64. The van der Waals surface area contributed by atoms with E-state index < -0.39 is 0 Å². The van der Waals surface area contributed by atoms with Crippen molar-refractivity contribution in [3.05, 3.63) is 35.9 Å². The summed E-state index contributed by atoms with van der Waals surface area (Å²) in [7, 11) is 4.70. The van der Waals surface area contributed by atoms with Gasteiger partial charge in [-0.25, -0.2) is 0 Å². The largest absolute Gasteiger partial charge is 0.304 e. The Morgan fingerprint density at radius 2 is 1.65 bits per heavy atom. The van der Waals surface area contributed by atoms with Crippen LogP contribution in [-0.2, 0) is 6.54 Å². The molecule has 1 aromatic rings. The maximum Gasteiger partial charge on any atom is 0.0233 e. The van der Waals surface area contributed by atoms with Crippen molar-refractivity contribution in [3.8, 4) is 0 Å². The molecule has 2 nitrogen and oxygen atoms in total. The van der Waals surface area contributed by atoms with Crippen molar-refractivity contribution in [2.75, 3.05) is 27.2 Å². The van der Waals surface area contributed by atoms with Gasteiger partial charge in [0.1, 0.15) is 0 Å². The van der Waals surface area contributed by atoms with E-state index in [9.17, 15) is 0 Å². The molecule has 0 N–H and O–H groups in total. The predicted octanol–water partition coefficient (Wildman–Crippen LogP) is 5.33. The van der Waals surface area contributed by atoms with Crippen molar-refractivity contribution in [2.24, 2.45) is 11.3 Å². The number of nitrogens with zero attached hydrogens (tertiary/aromatic N) is 2. The summed E-state index contributed by atoms with van der Waals surface area (Å²) in [6.45, 7) is 3.77. The van der Waals surface area contributed by atoms with Gasteiger partial charge in [-0.3, -0.25) is 4.90 Å². The van der Waals surface area contributed by atoms with E-state index in [0.29, 0.717) is 11.0 Å². The van der Waals surface area contributed by atoms with Crippen LogP contribution < -0.4 is 0 Å². The molecule has 0 radical (unpaired) electrons. The minimum atomic E-state index is 0.493. The molecule has 3 fully saturated rings. The van der Waals surface area contributed by atoms with Crippen LogP contribution in [0, 0.1) is 11.3 Å². The van der Waals surface area contributed by atoms with Crippen molar-refractivity contribution >= 4 is 0 Å². The number of hydrogen-bond donors (Lipinski definition) is 0. The van der Waals surface area contributed by atoms with Gasteiger partial charge >= 0.3 is 0 Å². The van der Waals surface area contributed by atoms with Gasteiger partial charge < -0.3 is 4.90 Å². The summed E-state index contributed by atoms with van der Waals surface area (Å²) in [6.07, 6.45) is 14.6. The first-order valence-electron chi connectivity index (χ1n) is 11.0. The zero-order chi connectivity index (χ0) is 18.0. The Morgan fingerprint density at radius 1 is 0.962 bits per heavy atom. The molecule has 2 saturated carbocycles. The van der Waals surface area contributed by atoms with E-state index in [1.54, 1.807) is 0 Å². The first-order valence-corrected chi connectivity index (χ1v) is 11.0. The summed E-state index contributed by atoms with van der Waals surface area (Å²) in [4.78, 5) is 5.32. The molecule has 144 valence electrons. The van der Waals surface area contributed by atoms with Crippen LogP contribution in [0.25, 0.3) is 0 Å². The number of hydrogen-bond acceptors (Lipinski definition) is 2. The topological polar surface area (TPSA) is 6.48 Å². The van der Waals surface area contributed by atoms with Gasteiger partial charge in [-0.1, -0.05) is 56.0 Å². The third-order valence-corrected chi connectivity index (χ3v) is 8.10. The minimum absolute atomic E-state index is 0.493. The van der Waals surface area contributed by atoms with Crippen LogP contribution in [0.4, 0.5) is 0 Å². The van der Waals surface area contributed by atoms with E-state index in [0.717, 1.165) is 12.5 Å². The van der Waals surface area contributed by atoms with E-state index in [1.165, 1.54) is 82.9 Å². The Labute approximate surface area is 161 Å². The molecule has 0 unspecified atom stereocenters. The summed E-state index contributed by atoms with van der Waals surface area (Å²) in [5.41, 5.74) is 2.58. The summed E-state index contributed by atoms with van der Waals surface area (Å²) in [5.74, 6) is 1.00. The van der Waals surface area contributed by atoms with E-state index in [-0.39, 0.29) is 0 Å². The van der Waals surface area contributed by atoms with Gasteiger partial charge in [0.15, 0.2) is 0 Å². The van der Waals surface area contributed by atoms with Gasteiger partial charge in [0.2, 0.25) is 0 Å². The second-order valence-electron chi connectivity index (χ2n) is 9.92. The van der Waals surface area contributed by atoms with Gasteiger partial charge in [0.25, 0.3) is 0 Å². The van der Waals surface area contributed by atoms with Crippen LogP contribution in [0.2, 0.25) is 0 Å². The molecule has 26 heavy (non-hydrogen) atoms. The van der Waals surface area contributed by atoms with Crippen molar-refractivity contribution in [1.29, 1.82) is 0 Å². The molecule has 1 saturated heterocycles. The first kappa shape index (κ1) is 18.5. The highest BCUT2D eigenvalue weighted by atomic mass is 15.2. The summed E-state index contributed by atoms with van der Waals surface area (Å²) in [6, 6.07) is 11.0. The van der Waals surface area contributed by atoms with E-state index in [1.807, 2.05) is 0 Å². The minimum Gasteiger partial charge on any atom is -0.304 e. The van der Waals surface area contributed by atoms with E-state index in [4.69, 9.17) is 0 Å². The van der Waals surface area contributed by atoms with Crippen LogP contribution in [0.5, 0.6) is 0 Å². The Hall–Kier alpha value is -0.860. The van der Waals surface area contributed by atoms with Crippen molar-refractivity contribution in [2.45, 2.75) is 76.3 Å². The van der Waals surface area contributed by atoms with Crippen LogP contribution in [0.15, 0.2) is 30.3 Å². The van der Waals surface area contributed by atoms with Crippen molar-refractivity contribution in [3.63, 3.8) is 0 Å². The molecule has 0 amide bonds. The molecular weight excluding hydrogens is 316 g/mol. The fourth-order valence-corrected chi connectivity index (χ4v) is 6.24. The normalized spacial score (nSPS) is 33.5. The molecule has 3 aliphatic rings. The molecule has 2 aliphatic carbocycles. The SMILES string of the molecule is CN(C)C1(CC2CCCC2)CCC2(CCN(Cc3ccccc3)C2)CC1. The van der Waals surface area contributed by atoms with Crippen LogP contribution >= 0.6 is 0 Å². The molecule has 1 aromatic carbocycles. The maximum atomic E-state index is 2.72. The number of benzene rings is 1. The Bertz CT molecular complexity index is 565. The lowest BCUT2D eigenvalue weighted by Gasteiger charge is -2.50. The zero-order valence-corrected chi connectivity index (χ0v) is 17.1. The van der Waals surface area contributed by atoms with Crippen LogP contribution in [-0.4, -0.2) is 42.5 Å². The molecule has 0 aromatic heterocycles. The van der Waals surface area contributed by atoms with Gasteiger partial charge in [0, 0.05) is 18.6 Å². The fourth-order valence-electron chi connectivity index (χ4n) is 6.24. The van der Waals surface area contributed by atoms with Gasteiger partial charge in [-0.2, -0.15) is 0 Å². The lowest BCUT2D eigenvalue weighted by molar-refractivity contribution is 0.0225. The predicted molar refractivity (Wildman–Crippen MR) is 110 cm³/mol. The van der Waals surface area contributed by atoms with E-state index in [2.05, 4.69) is 54.2 Å². The highest BCUT2D eigenvalue weighted by Gasteiger charge is 2.47. The fraction of sp³-hybridized carbons (Fsp3) is 0.750. The Kier molecular flexibility index (Phi) is 5.43. The average molecular weight is 355 g/mol. The Morgan fingerprint density at radius 3 is 2.31 bits per heavy atom. The van der Waals surface area contributed by atoms with Gasteiger partial charge in [-0.05, 0) is 76.1 Å². The second-order valence-corrected chi connectivity index (χ2v) is 9.92. The number of rotatable bonds is 5. The molecular formula is C24H38N2. The molecule has 2 heteroatoms. The van der Waals surface area contributed by atoms with E-state index >= 15 is 0 Å². The third-order valence-electron chi connectivity index (χ3n) is 8.10. The lowest BCUT2D eigenvalue weighted by atomic mass is 9.64. The average Bonchev–Trinajstić information content (AvgIpc) is 3.29. The third kappa shape index (κ3) is 3.87. The lowest BCUT2D eigenvalue weighted by Crippen LogP contribution is -2.50. The molecule has 1 aliphatic heterocycles. The van der Waals surface area contributed by atoms with Crippen molar-refractivity contribution < 1.29 is 0 Å². The maximum absolute atomic E-state index is 2.72. The first-order chi connectivity index (χ1) is 12.6. The van der Waals surface area contributed by atoms with Crippen LogP contribution in [0.1, 0.15) is 69.8 Å². The van der Waals surface area contributed by atoms with Gasteiger partial charge in [-0.15, -0.1) is 0 Å². The molecule has 0 bridgehead atoms. The van der Waals surface area contributed by atoms with Crippen molar-refractivity contribution in [1.82, 2.24) is 9.80 Å². The van der Waals surface area contributed by atoms with Gasteiger partial charge in [0.05, 0.1) is 0 Å². The quantitative estimate of drug-likeness (QED) is 0.705. The Balaban J connectivity index is 1.36. The zero-order valence-electron chi connectivity index (χ0n) is 17.1. The molecule has 0 atom stereocenters. The highest BCUT2D eigenvalue weighted by Crippen LogP contribution is 2.51. The smallest absolute Gasteiger partial charge is 0.0233 e. The molecule has 1 spiro atoms. The number of likely N-dealkylation sites (tertiary alicyclic amines) is 1. The van der Waals surface area contributed by atoms with Crippen LogP contribution in [0.3, 0.4) is 0 Å². The standard InChI is InChI=1S/C24H38N2/c1-25(2)24(18-21-8-6-7-9-21)14-12-23(13-15-24)16-17-26(20-23)19-22-10-4-3-5-11-22/h3-5,10-11,21H,6-9,12-20H2,1-2H3. The summed E-state index contributed by atoms with van der Waals surface area (Å²) in [5, 5.41) is 0. The monoisotopic (exact) mass is 354 g/mol. The summed E-state index contributed by atoms with van der Waals surface area (Å²) >= 11 is 0. The molecule has 1 heterocycles. The summed E-state index contributed by atoms with van der Waals surface area (Å²) < 4.78 is 0. The molecule has 4 rings (SSSR count). The highest BCUT2D eigenvalue weighted by molar-refractivity contribution is 5.15.